The summed E-state index contributed by atoms with van der Waals surface area (Å²) < 4.78 is 0. The van der Waals surface area contributed by atoms with Crippen molar-refractivity contribution >= 4 is 17.4 Å². The Morgan fingerprint density at radius 2 is 1.21 bits per heavy atom. The topological polar surface area (TPSA) is 17.1 Å². The van der Waals surface area contributed by atoms with Crippen molar-refractivity contribution in [1.82, 2.24) is 0 Å². The van der Waals surface area contributed by atoms with Crippen LogP contribution in [0.15, 0.2) is 12.1 Å². The molecule has 160 valence electrons. The number of rotatable bonds is 17. The number of ketones is 1. The lowest BCUT2D eigenvalue weighted by atomic mass is 9.93. The van der Waals surface area contributed by atoms with Gasteiger partial charge in [-0.15, -0.1) is 11.6 Å². The number of carbonyl (C=O) groups excluding carboxylic acids is 1. The van der Waals surface area contributed by atoms with Crippen molar-refractivity contribution in [3.8, 4) is 0 Å². The summed E-state index contributed by atoms with van der Waals surface area (Å²) >= 11 is 6.04. The summed E-state index contributed by atoms with van der Waals surface area (Å²) in [5.74, 6) is 0.691. The van der Waals surface area contributed by atoms with Gasteiger partial charge in [0.15, 0.2) is 5.78 Å². The van der Waals surface area contributed by atoms with Crippen LogP contribution in [0.2, 0.25) is 0 Å². The van der Waals surface area contributed by atoms with Crippen LogP contribution in [0.25, 0.3) is 0 Å². The predicted octanol–water partition coefficient (Wildman–Crippen LogP) is 9.10. The summed E-state index contributed by atoms with van der Waals surface area (Å²) in [7, 11) is 0. The Bertz CT molecular complexity index is 550. The van der Waals surface area contributed by atoms with Crippen LogP contribution in [0.5, 0.6) is 0 Å². The molecular weight excluding hydrogens is 364 g/mol. The molecule has 0 atom stereocenters. The zero-order chi connectivity index (χ0) is 20.6. The van der Waals surface area contributed by atoms with Gasteiger partial charge < -0.3 is 0 Å². The Morgan fingerprint density at radius 3 is 1.68 bits per heavy atom. The average Bonchev–Trinajstić information content (AvgIpc) is 2.70. The van der Waals surface area contributed by atoms with Crippen molar-refractivity contribution in [2.75, 3.05) is 0 Å². The smallest absolute Gasteiger partial charge is 0.163 e. The van der Waals surface area contributed by atoms with Crippen molar-refractivity contribution < 1.29 is 4.79 Å². The molecule has 2 heteroatoms. The monoisotopic (exact) mass is 406 g/mol. The number of aryl methyl sites for hydroxylation is 1. The molecule has 1 aromatic carbocycles. The minimum Gasteiger partial charge on any atom is -0.294 e. The van der Waals surface area contributed by atoms with Gasteiger partial charge in [-0.1, -0.05) is 103 Å². The molecule has 0 spiro atoms. The van der Waals surface area contributed by atoms with E-state index in [1.807, 2.05) is 13.0 Å². The first-order valence-corrected chi connectivity index (χ1v) is 12.3. The molecule has 0 bridgehead atoms. The number of alkyl halides is 1. The molecule has 0 aliphatic heterocycles. The standard InChI is InChI=1S/C26H43ClO/c1-4-5-6-7-8-9-10-11-12-13-14-15-16-17-18-25(28)26-23(3)22(2)19-20-24(26)21-27/h19-20H,4-18,21H2,1-3H3. The lowest BCUT2D eigenvalue weighted by molar-refractivity contribution is 0.0977. The molecule has 0 saturated carbocycles. The van der Waals surface area contributed by atoms with Gasteiger partial charge in [0, 0.05) is 17.9 Å². The van der Waals surface area contributed by atoms with Gasteiger partial charge in [0.1, 0.15) is 0 Å². The van der Waals surface area contributed by atoms with E-state index in [0.29, 0.717) is 12.3 Å². The van der Waals surface area contributed by atoms with Crippen LogP contribution in [-0.4, -0.2) is 5.78 Å². The predicted molar refractivity (Wildman–Crippen MR) is 125 cm³/mol. The van der Waals surface area contributed by atoms with Gasteiger partial charge in [-0.2, -0.15) is 0 Å². The van der Waals surface area contributed by atoms with Crippen molar-refractivity contribution in [1.29, 1.82) is 0 Å². The van der Waals surface area contributed by atoms with Crippen molar-refractivity contribution in [2.24, 2.45) is 0 Å². The Kier molecular flexibility index (Phi) is 14.4. The Morgan fingerprint density at radius 1 is 0.750 bits per heavy atom. The van der Waals surface area contributed by atoms with E-state index in [4.69, 9.17) is 11.6 Å². The van der Waals surface area contributed by atoms with Crippen molar-refractivity contribution in [3.63, 3.8) is 0 Å². The van der Waals surface area contributed by atoms with E-state index in [-0.39, 0.29) is 5.78 Å². The molecule has 0 N–H and O–H groups in total. The molecule has 0 saturated heterocycles. The minimum atomic E-state index is 0.274. The van der Waals surface area contributed by atoms with Crippen LogP contribution in [0, 0.1) is 13.8 Å². The van der Waals surface area contributed by atoms with E-state index >= 15 is 0 Å². The molecule has 0 amide bonds. The van der Waals surface area contributed by atoms with Gasteiger partial charge in [-0.25, -0.2) is 0 Å². The summed E-state index contributed by atoms with van der Waals surface area (Å²) in [4.78, 5) is 12.7. The number of carbonyl (C=O) groups is 1. The maximum absolute atomic E-state index is 12.7. The molecule has 1 rings (SSSR count). The quantitative estimate of drug-likeness (QED) is 0.143. The molecular formula is C26H43ClO. The Balaban J connectivity index is 2.05. The summed E-state index contributed by atoms with van der Waals surface area (Å²) in [6, 6.07) is 4.07. The summed E-state index contributed by atoms with van der Waals surface area (Å²) in [5, 5.41) is 0. The molecule has 28 heavy (non-hydrogen) atoms. The van der Waals surface area contributed by atoms with Crippen LogP contribution in [0.4, 0.5) is 0 Å². The summed E-state index contributed by atoms with van der Waals surface area (Å²) in [6.07, 6.45) is 19.4. The molecule has 0 aliphatic rings. The average molecular weight is 407 g/mol. The second-order valence-corrected chi connectivity index (χ2v) is 8.71. The van der Waals surface area contributed by atoms with E-state index < -0.39 is 0 Å². The van der Waals surface area contributed by atoms with Crippen LogP contribution >= 0.6 is 11.6 Å². The molecule has 0 aliphatic carbocycles. The third-order valence-corrected chi connectivity index (χ3v) is 6.29. The van der Waals surface area contributed by atoms with Gasteiger partial charge in [-0.05, 0) is 37.0 Å². The van der Waals surface area contributed by atoms with Crippen LogP contribution in [-0.2, 0) is 5.88 Å². The van der Waals surface area contributed by atoms with Crippen LogP contribution in [0.3, 0.4) is 0 Å². The first kappa shape index (κ1) is 25.2. The lowest BCUT2D eigenvalue weighted by Gasteiger charge is -2.12. The SMILES string of the molecule is CCCCCCCCCCCCCCCCC(=O)c1c(CCl)ccc(C)c1C. The third-order valence-electron chi connectivity index (χ3n) is 6.00. The van der Waals surface area contributed by atoms with E-state index in [2.05, 4.69) is 19.9 Å². The summed E-state index contributed by atoms with van der Waals surface area (Å²) in [6.45, 7) is 6.39. The molecule has 1 nitrogen and oxygen atoms in total. The highest BCUT2D eigenvalue weighted by atomic mass is 35.5. The molecule has 0 heterocycles. The largest absolute Gasteiger partial charge is 0.294 e. The van der Waals surface area contributed by atoms with Gasteiger partial charge in [0.25, 0.3) is 0 Å². The van der Waals surface area contributed by atoms with E-state index in [1.54, 1.807) is 0 Å². The molecule has 0 unspecified atom stereocenters. The zero-order valence-corrected chi connectivity index (χ0v) is 19.5. The van der Waals surface area contributed by atoms with E-state index in [1.165, 1.54) is 89.0 Å². The van der Waals surface area contributed by atoms with Crippen LogP contribution < -0.4 is 0 Å². The van der Waals surface area contributed by atoms with Crippen LogP contribution in [0.1, 0.15) is 130 Å². The molecule has 0 fully saturated rings. The molecule has 1 aromatic rings. The maximum Gasteiger partial charge on any atom is 0.163 e. The number of hydrogen-bond donors (Lipinski definition) is 0. The number of halogens is 1. The third kappa shape index (κ3) is 10.1. The fourth-order valence-corrected chi connectivity index (χ4v) is 4.20. The first-order chi connectivity index (χ1) is 13.6. The highest BCUT2D eigenvalue weighted by Crippen LogP contribution is 2.23. The normalized spacial score (nSPS) is 11.1. The first-order valence-electron chi connectivity index (χ1n) is 11.8. The second-order valence-electron chi connectivity index (χ2n) is 8.44. The van der Waals surface area contributed by atoms with Gasteiger partial charge in [-0.3, -0.25) is 4.79 Å². The minimum absolute atomic E-state index is 0.274. The van der Waals surface area contributed by atoms with E-state index in [0.717, 1.165) is 23.1 Å². The lowest BCUT2D eigenvalue weighted by Crippen LogP contribution is -2.07. The number of benzene rings is 1. The van der Waals surface area contributed by atoms with Gasteiger partial charge in [0.2, 0.25) is 0 Å². The second kappa shape index (κ2) is 16.0. The molecule has 0 radical (unpaired) electrons. The maximum atomic E-state index is 12.7. The Hall–Kier alpha value is -0.820. The highest BCUT2D eigenvalue weighted by Gasteiger charge is 2.14. The summed E-state index contributed by atoms with van der Waals surface area (Å²) in [5.41, 5.74) is 4.15. The van der Waals surface area contributed by atoms with Crippen molar-refractivity contribution in [3.05, 3.63) is 34.4 Å². The number of Topliss-reactive ketones (excluding diaryl/α,β-unsaturated/α-hetero) is 1. The number of unbranched alkanes of at least 4 members (excludes halogenated alkanes) is 13. The van der Waals surface area contributed by atoms with Gasteiger partial charge in [0.05, 0.1) is 0 Å². The highest BCUT2D eigenvalue weighted by molar-refractivity contribution is 6.18. The zero-order valence-electron chi connectivity index (χ0n) is 18.8. The van der Waals surface area contributed by atoms with Gasteiger partial charge >= 0.3 is 0 Å². The van der Waals surface area contributed by atoms with E-state index in [9.17, 15) is 4.79 Å². The van der Waals surface area contributed by atoms with Crippen molar-refractivity contribution in [2.45, 2.75) is 123 Å². The molecule has 0 aromatic heterocycles. The fourth-order valence-electron chi connectivity index (χ4n) is 3.98. The fraction of sp³-hybridized carbons (Fsp3) is 0.731. The Labute approximate surface area is 179 Å². The number of hydrogen-bond acceptors (Lipinski definition) is 1.